The van der Waals surface area contributed by atoms with Crippen molar-refractivity contribution in [2.45, 2.75) is 33.0 Å². The van der Waals surface area contributed by atoms with E-state index in [0.717, 1.165) is 6.07 Å². The van der Waals surface area contributed by atoms with E-state index >= 15 is 0 Å². The number of hydrogen-bond donors (Lipinski definition) is 2. The molecule has 2 heterocycles. The van der Waals surface area contributed by atoms with Gasteiger partial charge in [0, 0.05) is 24.7 Å². The highest BCUT2D eigenvalue weighted by molar-refractivity contribution is 5.96. The molecule has 2 amide bonds. The fourth-order valence-corrected chi connectivity index (χ4v) is 2.40. The number of methoxy groups -OCH3 is 1. The number of carbonyl (C=O) groups is 2. The fourth-order valence-electron chi connectivity index (χ4n) is 2.40. The minimum Gasteiger partial charge on any atom is -0.480 e. The molecule has 0 bridgehead atoms. The monoisotopic (exact) mass is 426 g/mol. The summed E-state index contributed by atoms with van der Waals surface area (Å²) >= 11 is 0. The van der Waals surface area contributed by atoms with Gasteiger partial charge >= 0.3 is 6.18 Å². The Morgan fingerprint density at radius 2 is 1.90 bits per heavy atom. The van der Waals surface area contributed by atoms with Gasteiger partial charge in [-0.25, -0.2) is 4.98 Å². The molecule has 0 aliphatic heterocycles. The first kappa shape index (κ1) is 22.9. The lowest BCUT2D eigenvalue weighted by molar-refractivity contribution is -0.154. The number of ether oxygens (including phenoxy) is 2. The molecule has 2 N–H and O–H groups in total. The molecule has 2 aromatic rings. The number of halogens is 3. The fraction of sp³-hybridized carbons (Fsp3) is 0.368. The molecule has 11 heteroatoms. The molecule has 0 atom stereocenters. The number of aromatic nitrogens is 2. The molecule has 0 spiro atoms. The summed E-state index contributed by atoms with van der Waals surface area (Å²) in [7, 11) is 1.24. The lowest BCUT2D eigenvalue weighted by Crippen LogP contribution is -2.24. The molecule has 0 aliphatic carbocycles. The quantitative estimate of drug-likeness (QED) is 0.673. The summed E-state index contributed by atoms with van der Waals surface area (Å²) in [6.07, 6.45) is -4.21. The summed E-state index contributed by atoms with van der Waals surface area (Å²) < 4.78 is 46.3. The third kappa shape index (κ3) is 6.90. The van der Waals surface area contributed by atoms with Gasteiger partial charge in [0.1, 0.15) is 11.4 Å². The van der Waals surface area contributed by atoms with E-state index in [1.54, 1.807) is 26.0 Å². The zero-order valence-corrected chi connectivity index (χ0v) is 16.6. The molecule has 0 saturated carbocycles. The van der Waals surface area contributed by atoms with Crippen molar-refractivity contribution in [3.8, 4) is 11.8 Å². The Morgan fingerprint density at radius 1 is 1.17 bits per heavy atom. The second-order valence-corrected chi connectivity index (χ2v) is 6.20. The smallest absolute Gasteiger partial charge is 0.422 e. The number of rotatable bonds is 8. The minimum atomic E-state index is -4.51. The Labute approximate surface area is 170 Å². The molecule has 0 radical (unpaired) electrons. The van der Waals surface area contributed by atoms with Gasteiger partial charge in [-0.2, -0.15) is 18.2 Å². The summed E-state index contributed by atoms with van der Waals surface area (Å²) in [5.74, 6) is -0.852. The van der Waals surface area contributed by atoms with Crippen molar-refractivity contribution >= 4 is 17.6 Å². The largest absolute Gasteiger partial charge is 0.480 e. The zero-order valence-electron chi connectivity index (χ0n) is 16.6. The first-order valence-electron chi connectivity index (χ1n) is 8.91. The van der Waals surface area contributed by atoms with E-state index < -0.39 is 18.7 Å². The van der Waals surface area contributed by atoms with Crippen LogP contribution in [0.2, 0.25) is 0 Å². The van der Waals surface area contributed by atoms with Gasteiger partial charge in [-0.15, -0.1) is 0 Å². The number of anilines is 1. The Hall–Kier alpha value is -3.37. The number of amides is 2. The van der Waals surface area contributed by atoms with Crippen molar-refractivity contribution < 1.29 is 32.2 Å². The number of nitrogens with one attached hydrogen (secondary N) is 2. The Balaban J connectivity index is 2.08. The third-order valence-corrected chi connectivity index (χ3v) is 3.71. The van der Waals surface area contributed by atoms with Crippen LogP contribution in [0.4, 0.5) is 19.0 Å². The molecule has 0 saturated heterocycles. The van der Waals surface area contributed by atoms with Crippen molar-refractivity contribution in [1.82, 2.24) is 15.3 Å². The van der Waals surface area contributed by atoms with Gasteiger partial charge in [0.05, 0.1) is 7.11 Å². The van der Waals surface area contributed by atoms with Crippen LogP contribution in [0.1, 0.15) is 35.0 Å². The van der Waals surface area contributed by atoms with Crippen molar-refractivity contribution in [3.05, 3.63) is 41.1 Å². The molecule has 2 aromatic heterocycles. The van der Waals surface area contributed by atoms with Gasteiger partial charge in [0.15, 0.2) is 6.61 Å². The van der Waals surface area contributed by atoms with Gasteiger partial charge in [-0.05, 0) is 30.7 Å². The van der Waals surface area contributed by atoms with E-state index in [4.69, 9.17) is 4.74 Å². The van der Waals surface area contributed by atoms with Crippen LogP contribution in [0.3, 0.4) is 0 Å². The van der Waals surface area contributed by atoms with Gasteiger partial charge < -0.3 is 20.1 Å². The average molecular weight is 426 g/mol. The summed E-state index contributed by atoms with van der Waals surface area (Å²) in [6.45, 7) is 2.08. The molecule has 8 nitrogen and oxygen atoms in total. The van der Waals surface area contributed by atoms with Gasteiger partial charge in [0.2, 0.25) is 17.7 Å². The maximum absolute atomic E-state index is 12.5. The highest BCUT2D eigenvalue weighted by Crippen LogP contribution is 2.22. The number of pyridine rings is 2. The topological polar surface area (TPSA) is 102 Å². The number of carbonyl (C=O) groups excluding carboxylic acids is 2. The van der Waals surface area contributed by atoms with Gasteiger partial charge in [-0.3, -0.25) is 9.59 Å². The van der Waals surface area contributed by atoms with Crippen LogP contribution in [0, 0.1) is 6.92 Å². The van der Waals surface area contributed by atoms with Gasteiger partial charge in [-0.1, -0.05) is 6.92 Å². The lowest BCUT2D eigenvalue weighted by Gasteiger charge is -2.12. The van der Waals surface area contributed by atoms with Crippen molar-refractivity contribution in [2.24, 2.45) is 0 Å². The average Bonchev–Trinajstić information content (AvgIpc) is 2.69. The van der Waals surface area contributed by atoms with E-state index in [-0.39, 0.29) is 29.8 Å². The zero-order chi connectivity index (χ0) is 22.3. The summed E-state index contributed by atoms with van der Waals surface area (Å²) in [5.41, 5.74) is 1.38. The summed E-state index contributed by atoms with van der Waals surface area (Å²) in [4.78, 5) is 32.0. The molecule has 0 aliphatic rings. The van der Waals surface area contributed by atoms with E-state index in [2.05, 4.69) is 25.3 Å². The van der Waals surface area contributed by atoms with Gasteiger partial charge in [0.25, 0.3) is 5.91 Å². The lowest BCUT2D eigenvalue weighted by atomic mass is 10.2. The number of aryl methyl sites for hydroxylation is 1. The SMILES string of the molecule is CCC(=O)Nc1cc(CNC(=O)c2ccc(OCC(F)(F)F)nc2OC)cc(C)n1. The Morgan fingerprint density at radius 3 is 2.53 bits per heavy atom. The van der Waals surface area contributed by atoms with Crippen LogP contribution in [-0.2, 0) is 11.3 Å². The van der Waals surface area contributed by atoms with E-state index in [1.165, 1.54) is 13.2 Å². The Bertz CT molecular complexity index is 919. The van der Waals surface area contributed by atoms with Crippen LogP contribution in [0.15, 0.2) is 24.3 Å². The van der Waals surface area contributed by atoms with Crippen LogP contribution < -0.4 is 20.1 Å². The molecule has 0 fully saturated rings. The van der Waals surface area contributed by atoms with Crippen LogP contribution in [-0.4, -0.2) is 41.7 Å². The number of alkyl halides is 3. The normalized spacial score (nSPS) is 11.0. The second kappa shape index (κ2) is 9.90. The number of hydrogen-bond acceptors (Lipinski definition) is 6. The van der Waals surface area contributed by atoms with Crippen molar-refractivity contribution in [2.75, 3.05) is 19.0 Å². The third-order valence-electron chi connectivity index (χ3n) is 3.71. The summed E-state index contributed by atoms with van der Waals surface area (Å²) in [5, 5.41) is 5.32. The molecular formula is C19H21F3N4O4. The summed E-state index contributed by atoms with van der Waals surface area (Å²) in [6, 6.07) is 5.78. The molecule has 30 heavy (non-hydrogen) atoms. The maximum Gasteiger partial charge on any atom is 0.422 e. The van der Waals surface area contributed by atoms with E-state index in [1.807, 2.05) is 0 Å². The predicted octanol–water partition coefficient (Wildman–Crippen LogP) is 3.01. The molecular weight excluding hydrogens is 405 g/mol. The van der Waals surface area contributed by atoms with E-state index in [9.17, 15) is 22.8 Å². The first-order valence-corrected chi connectivity index (χ1v) is 8.91. The molecule has 0 unspecified atom stereocenters. The molecule has 0 aromatic carbocycles. The van der Waals surface area contributed by atoms with E-state index in [0.29, 0.717) is 23.5 Å². The standard InChI is InChI=1S/C19H21F3N4O4/c1-4-15(27)25-14-8-12(7-11(2)24-14)9-23-17(28)13-5-6-16(26-18(13)29-3)30-10-19(20,21)22/h5-8H,4,9-10H2,1-3H3,(H,23,28)(H,24,25,27). The molecule has 2 rings (SSSR count). The van der Waals surface area contributed by atoms with Crippen molar-refractivity contribution in [1.29, 1.82) is 0 Å². The van der Waals surface area contributed by atoms with Crippen LogP contribution in [0.5, 0.6) is 11.8 Å². The highest BCUT2D eigenvalue weighted by Gasteiger charge is 2.29. The molecule has 162 valence electrons. The first-order chi connectivity index (χ1) is 14.1. The Kier molecular flexibility index (Phi) is 7.56. The maximum atomic E-state index is 12.5. The highest BCUT2D eigenvalue weighted by atomic mass is 19.4. The second-order valence-electron chi connectivity index (χ2n) is 6.20. The minimum absolute atomic E-state index is 0.0298. The van der Waals surface area contributed by atoms with Crippen LogP contribution >= 0.6 is 0 Å². The van der Waals surface area contributed by atoms with Crippen LogP contribution in [0.25, 0.3) is 0 Å². The van der Waals surface area contributed by atoms with Crippen molar-refractivity contribution in [3.63, 3.8) is 0 Å². The number of nitrogens with zero attached hydrogens (tertiary/aromatic N) is 2. The predicted molar refractivity (Wildman–Crippen MR) is 101 cm³/mol.